The summed E-state index contributed by atoms with van der Waals surface area (Å²) in [4.78, 5) is 2.45. The van der Waals surface area contributed by atoms with Gasteiger partial charge in [-0.2, -0.15) is 0 Å². The predicted octanol–water partition coefficient (Wildman–Crippen LogP) is 4.18. The van der Waals surface area contributed by atoms with Gasteiger partial charge >= 0.3 is 0 Å². The van der Waals surface area contributed by atoms with Crippen molar-refractivity contribution in [2.45, 2.75) is 32.5 Å². The van der Waals surface area contributed by atoms with Gasteiger partial charge in [-0.3, -0.25) is 0 Å². The van der Waals surface area contributed by atoms with Crippen LogP contribution in [0.1, 0.15) is 24.0 Å². The maximum Gasteiger partial charge on any atom is 0.0755 e. The van der Waals surface area contributed by atoms with Crippen LogP contribution < -0.4 is 4.90 Å². The summed E-state index contributed by atoms with van der Waals surface area (Å²) in [7, 11) is 0. The zero-order valence-corrected chi connectivity index (χ0v) is 12.7. The Bertz CT molecular complexity index is 567. The maximum absolute atomic E-state index is 6.11. The number of nitrogens with zero attached hydrogens (tertiary/aromatic N) is 1. The van der Waals surface area contributed by atoms with E-state index in [0.29, 0.717) is 12.7 Å². The van der Waals surface area contributed by atoms with E-state index < -0.39 is 0 Å². The molecule has 1 saturated heterocycles. The van der Waals surface area contributed by atoms with E-state index in [2.05, 4.69) is 60.4 Å². The highest BCUT2D eigenvalue weighted by atomic mass is 16.5. The fourth-order valence-electron chi connectivity index (χ4n) is 2.92. The summed E-state index contributed by atoms with van der Waals surface area (Å²) in [6.45, 7) is 4.99. The van der Waals surface area contributed by atoms with Crippen LogP contribution in [0.2, 0.25) is 0 Å². The lowest BCUT2D eigenvalue weighted by atomic mass is 10.1. The molecule has 1 aliphatic rings. The molecule has 0 N–H and O–H groups in total. The van der Waals surface area contributed by atoms with Gasteiger partial charge in [-0.15, -0.1) is 0 Å². The van der Waals surface area contributed by atoms with E-state index in [4.69, 9.17) is 4.74 Å². The summed E-state index contributed by atoms with van der Waals surface area (Å²) in [5, 5.41) is 0. The lowest BCUT2D eigenvalue weighted by Crippen LogP contribution is -2.39. The van der Waals surface area contributed by atoms with Gasteiger partial charge in [0.05, 0.1) is 12.7 Å². The maximum atomic E-state index is 6.11. The molecule has 0 radical (unpaired) electrons. The quantitative estimate of drug-likeness (QED) is 0.833. The van der Waals surface area contributed by atoms with Gasteiger partial charge in [-0.25, -0.2) is 0 Å². The van der Waals surface area contributed by atoms with Crippen LogP contribution >= 0.6 is 0 Å². The molecule has 1 fully saturated rings. The van der Waals surface area contributed by atoms with E-state index >= 15 is 0 Å². The van der Waals surface area contributed by atoms with Crippen molar-refractivity contribution in [3.05, 3.63) is 65.7 Å². The first-order valence-corrected chi connectivity index (χ1v) is 7.78. The summed E-state index contributed by atoms with van der Waals surface area (Å²) >= 11 is 0. The molecule has 2 heteroatoms. The molecule has 110 valence electrons. The zero-order valence-electron chi connectivity index (χ0n) is 12.7. The minimum absolute atomic E-state index is 0.333. The topological polar surface area (TPSA) is 12.5 Å². The third kappa shape index (κ3) is 3.85. The molecular formula is C19H23NO. The largest absolute Gasteiger partial charge is 0.372 e. The normalized spacial score (nSPS) is 18.7. The van der Waals surface area contributed by atoms with Crippen molar-refractivity contribution in [3.8, 4) is 0 Å². The molecule has 1 aliphatic heterocycles. The van der Waals surface area contributed by atoms with E-state index in [1.165, 1.54) is 23.2 Å². The minimum atomic E-state index is 0.333. The van der Waals surface area contributed by atoms with E-state index in [1.807, 2.05) is 6.07 Å². The highest BCUT2D eigenvalue weighted by Gasteiger charge is 2.20. The lowest BCUT2D eigenvalue weighted by Gasteiger charge is -2.34. The molecule has 21 heavy (non-hydrogen) atoms. The Balaban J connectivity index is 1.58. The molecule has 0 bridgehead atoms. The average molecular weight is 281 g/mol. The average Bonchev–Trinajstić information content (AvgIpc) is 2.54. The van der Waals surface area contributed by atoms with Crippen LogP contribution in [0, 0.1) is 6.92 Å². The van der Waals surface area contributed by atoms with Crippen LogP contribution in [0.4, 0.5) is 5.69 Å². The molecule has 0 spiro atoms. The first-order valence-electron chi connectivity index (χ1n) is 7.78. The van der Waals surface area contributed by atoms with Gasteiger partial charge in [0, 0.05) is 18.8 Å². The standard InChI is InChI=1S/C19H23NO/c1-16-7-5-10-18(13-16)20-12-6-11-19(14-20)21-15-17-8-3-2-4-9-17/h2-5,7-10,13,19H,6,11-12,14-15H2,1H3. The Morgan fingerprint density at radius 2 is 1.95 bits per heavy atom. The first-order chi connectivity index (χ1) is 10.3. The fourth-order valence-corrected chi connectivity index (χ4v) is 2.92. The van der Waals surface area contributed by atoms with Crippen molar-refractivity contribution in [2.24, 2.45) is 0 Å². The molecule has 3 rings (SSSR count). The van der Waals surface area contributed by atoms with Crippen molar-refractivity contribution in [2.75, 3.05) is 18.0 Å². The SMILES string of the molecule is Cc1cccc(N2CCCC(OCc3ccccc3)C2)c1. The Hall–Kier alpha value is -1.80. The summed E-state index contributed by atoms with van der Waals surface area (Å²) in [5.74, 6) is 0. The molecule has 1 heterocycles. The van der Waals surface area contributed by atoms with Crippen LogP contribution in [0.3, 0.4) is 0 Å². The molecule has 2 aromatic rings. The van der Waals surface area contributed by atoms with Crippen molar-refractivity contribution in [1.82, 2.24) is 0 Å². The van der Waals surface area contributed by atoms with Gasteiger partial charge < -0.3 is 9.64 Å². The molecule has 0 aliphatic carbocycles. The monoisotopic (exact) mass is 281 g/mol. The second kappa shape index (κ2) is 6.77. The molecule has 2 nitrogen and oxygen atoms in total. The van der Waals surface area contributed by atoms with E-state index in [1.54, 1.807) is 0 Å². The van der Waals surface area contributed by atoms with Crippen molar-refractivity contribution < 1.29 is 4.74 Å². The summed E-state index contributed by atoms with van der Waals surface area (Å²) in [5.41, 5.74) is 3.90. The zero-order chi connectivity index (χ0) is 14.5. The van der Waals surface area contributed by atoms with E-state index in [-0.39, 0.29) is 0 Å². The number of aryl methyl sites for hydroxylation is 1. The highest BCUT2D eigenvalue weighted by molar-refractivity contribution is 5.48. The van der Waals surface area contributed by atoms with Gasteiger partial charge in [0.25, 0.3) is 0 Å². The van der Waals surface area contributed by atoms with Gasteiger partial charge in [0.2, 0.25) is 0 Å². The van der Waals surface area contributed by atoms with Crippen molar-refractivity contribution in [1.29, 1.82) is 0 Å². The van der Waals surface area contributed by atoms with Crippen molar-refractivity contribution >= 4 is 5.69 Å². The van der Waals surface area contributed by atoms with Gasteiger partial charge in [0.15, 0.2) is 0 Å². The Morgan fingerprint density at radius 1 is 1.10 bits per heavy atom. The van der Waals surface area contributed by atoms with E-state index in [9.17, 15) is 0 Å². The Morgan fingerprint density at radius 3 is 2.76 bits per heavy atom. The van der Waals surface area contributed by atoms with Gasteiger partial charge in [0.1, 0.15) is 0 Å². The van der Waals surface area contributed by atoms with E-state index in [0.717, 1.165) is 19.5 Å². The molecule has 2 aromatic carbocycles. The number of rotatable bonds is 4. The molecule has 1 atom stereocenters. The Labute approximate surface area is 127 Å². The second-order valence-electron chi connectivity index (χ2n) is 5.85. The van der Waals surface area contributed by atoms with Crippen LogP contribution in [0.15, 0.2) is 54.6 Å². The highest BCUT2D eigenvalue weighted by Crippen LogP contribution is 2.22. The molecule has 0 aromatic heterocycles. The third-order valence-electron chi connectivity index (χ3n) is 4.07. The van der Waals surface area contributed by atoms with Gasteiger partial charge in [-0.05, 0) is 43.0 Å². The third-order valence-corrected chi connectivity index (χ3v) is 4.07. The Kier molecular flexibility index (Phi) is 4.56. The summed E-state index contributed by atoms with van der Waals surface area (Å²) < 4.78 is 6.11. The number of ether oxygens (including phenoxy) is 1. The predicted molar refractivity (Wildman–Crippen MR) is 87.6 cm³/mol. The van der Waals surface area contributed by atoms with Crippen molar-refractivity contribution in [3.63, 3.8) is 0 Å². The summed E-state index contributed by atoms with van der Waals surface area (Å²) in [6.07, 6.45) is 2.70. The molecule has 1 unspecified atom stereocenters. The number of piperidine rings is 1. The number of benzene rings is 2. The summed E-state index contributed by atoms with van der Waals surface area (Å²) in [6, 6.07) is 19.2. The smallest absolute Gasteiger partial charge is 0.0755 e. The second-order valence-corrected chi connectivity index (χ2v) is 5.85. The number of hydrogen-bond donors (Lipinski definition) is 0. The lowest BCUT2D eigenvalue weighted by molar-refractivity contribution is 0.0316. The van der Waals surface area contributed by atoms with Crippen LogP contribution in [0.5, 0.6) is 0 Å². The number of hydrogen-bond acceptors (Lipinski definition) is 2. The van der Waals surface area contributed by atoms with Crippen LogP contribution in [-0.2, 0) is 11.3 Å². The molecular weight excluding hydrogens is 258 g/mol. The first kappa shape index (κ1) is 14.2. The minimum Gasteiger partial charge on any atom is -0.372 e. The fraction of sp³-hybridized carbons (Fsp3) is 0.368. The van der Waals surface area contributed by atoms with Gasteiger partial charge in [-0.1, -0.05) is 42.5 Å². The molecule has 0 amide bonds. The van der Waals surface area contributed by atoms with Crippen LogP contribution in [-0.4, -0.2) is 19.2 Å². The number of anilines is 1. The van der Waals surface area contributed by atoms with Crippen LogP contribution in [0.25, 0.3) is 0 Å². The molecule has 0 saturated carbocycles.